The smallest absolute Gasteiger partial charge is 0.266 e. The molecular formula is C20H18BrClN2O2. The van der Waals surface area contributed by atoms with E-state index in [-0.39, 0.29) is 11.7 Å². The quantitative estimate of drug-likeness (QED) is 0.483. The molecule has 0 saturated carbocycles. The number of hydrogen-bond donors (Lipinski definition) is 1. The van der Waals surface area contributed by atoms with Crippen LogP contribution in [0.2, 0.25) is 5.02 Å². The first-order valence-corrected chi connectivity index (χ1v) is 9.12. The summed E-state index contributed by atoms with van der Waals surface area (Å²) < 4.78 is 6.57. The Hall–Kier alpha value is -2.29. The largest absolute Gasteiger partial charge is 0.490 e. The third kappa shape index (κ3) is 5.35. The van der Waals surface area contributed by atoms with Crippen molar-refractivity contribution >= 4 is 45.2 Å². The second kappa shape index (κ2) is 8.88. The second-order valence-corrected chi connectivity index (χ2v) is 7.26. The zero-order valence-corrected chi connectivity index (χ0v) is 17.0. The first-order chi connectivity index (χ1) is 12.3. The van der Waals surface area contributed by atoms with Gasteiger partial charge < -0.3 is 10.1 Å². The number of halogens is 2. The minimum atomic E-state index is -0.511. The summed E-state index contributed by atoms with van der Waals surface area (Å²) in [5.41, 5.74) is 2.04. The number of nitrogens with zero attached hydrogens (tertiary/aromatic N) is 1. The number of nitriles is 1. The van der Waals surface area contributed by atoms with Crippen molar-refractivity contribution in [1.29, 1.82) is 5.26 Å². The molecule has 0 aliphatic rings. The molecule has 0 aliphatic heterocycles. The highest BCUT2D eigenvalue weighted by atomic mass is 79.9. The molecule has 0 heterocycles. The predicted octanol–water partition coefficient (Wildman–Crippen LogP) is 5.74. The molecule has 4 nitrogen and oxygen atoms in total. The Morgan fingerprint density at radius 3 is 2.65 bits per heavy atom. The van der Waals surface area contributed by atoms with E-state index < -0.39 is 5.91 Å². The maximum atomic E-state index is 12.5. The van der Waals surface area contributed by atoms with E-state index in [0.29, 0.717) is 22.0 Å². The molecule has 2 rings (SSSR count). The van der Waals surface area contributed by atoms with Gasteiger partial charge in [0.05, 0.1) is 6.10 Å². The molecule has 0 spiro atoms. The van der Waals surface area contributed by atoms with Crippen LogP contribution in [0, 0.1) is 18.3 Å². The average molecular weight is 434 g/mol. The topological polar surface area (TPSA) is 62.1 Å². The third-order valence-corrected chi connectivity index (χ3v) is 4.33. The fraction of sp³-hybridized carbons (Fsp3) is 0.200. The first-order valence-electron chi connectivity index (χ1n) is 7.95. The minimum Gasteiger partial charge on any atom is -0.490 e. The summed E-state index contributed by atoms with van der Waals surface area (Å²) in [5, 5.41) is 12.7. The van der Waals surface area contributed by atoms with Gasteiger partial charge in [0.15, 0.2) is 0 Å². The Kier molecular flexibility index (Phi) is 6.84. The van der Waals surface area contributed by atoms with E-state index >= 15 is 0 Å². The van der Waals surface area contributed by atoms with E-state index in [0.717, 1.165) is 10.0 Å². The van der Waals surface area contributed by atoms with E-state index in [4.69, 9.17) is 16.3 Å². The predicted molar refractivity (Wildman–Crippen MR) is 108 cm³/mol. The SMILES string of the molecule is Cc1ccc(NC(=O)/C(C#N)=C/c2cc(Br)ccc2OC(C)C)cc1Cl. The highest BCUT2D eigenvalue weighted by Gasteiger charge is 2.13. The maximum absolute atomic E-state index is 12.5. The van der Waals surface area contributed by atoms with Crippen LogP contribution in [0.3, 0.4) is 0 Å². The molecule has 0 fully saturated rings. The number of carbonyl (C=O) groups is 1. The lowest BCUT2D eigenvalue weighted by atomic mass is 10.1. The molecule has 0 aromatic heterocycles. The van der Waals surface area contributed by atoms with Gasteiger partial charge in [-0.2, -0.15) is 5.26 Å². The number of amides is 1. The van der Waals surface area contributed by atoms with Crippen LogP contribution in [0.1, 0.15) is 25.0 Å². The normalized spacial score (nSPS) is 11.2. The summed E-state index contributed by atoms with van der Waals surface area (Å²) in [6.45, 7) is 5.70. The maximum Gasteiger partial charge on any atom is 0.266 e. The summed E-state index contributed by atoms with van der Waals surface area (Å²) in [6, 6.07) is 12.6. The van der Waals surface area contributed by atoms with Crippen molar-refractivity contribution in [2.75, 3.05) is 5.32 Å². The fourth-order valence-corrected chi connectivity index (χ4v) is 2.73. The van der Waals surface area contributed by atoms with Crippen LogP contribution >= 0.6 is 27.5 Å². The number of carbonyl (C=O) groups excluding carboxylic acids is 1. The van der Waals surface area contributed by atoms with Crippen LogP contribution in [0.25, 0.3) is 6.08 Å². The Morgan fingerprint density at radius 2 is 2.04 bits per heavy atom. The van der Waals surface area contributed by atoms with Gasteiger partial charge in [-0.25, -0.2) is 0 Å². The summed E-state index contributed by atoms with van der Waals surface area (Å²) in [5.74, 6) is 0.0880. The molecular weight excluding hydrogens is 416 g/mol. The van der Waals surface area contributed by atoms with Gasteiger partial charge in [-0.3, -0.25) is 4.79 Å². The fourth-order valence-electron chi connectivity index (χ4n) is 2.17. The van der Waals surface area contributed by atoms with Crippen molar-refractivity contribution in [3.05, 3.63) is 62.6 Å². The summed E-state index contributed by atoms with van der Waals surface area (Å²) in [7, 11) is 0. The van der Waals surface area contributed by atoms with Crippen LogP contribution < -0.4 is 10.1 Å². The monoisotopic (exact) mass is 432 g/mol. The molecule has 134 valence electrons. The molecule has 0 atom stereocenters. The number of benzene rings is 2. The van der Waals surface area contributed by atoms with Crippen LogP contribution in [0.15, 0.2) is 46.4 Å². The van der Waals surface area contributed by atoms with Gasteiger partial charge >= 0.3 is 0 Å². The Labute approximate surface area is 166 Å². The van der Waals surface area contributed by atoms with Gasteiger partial charge in [0, 0.05) is 20.7 Å². The molecule has 2 aromatic carbocycles. The molecule has 6 heteroatoms. The number of aryl methyl sites for hydroxylation is 1. The van der Waals surface area contributed by atoms with Crippen LogP contribution in [-0.2, 0) is 4.79 Å². The molecule has 0 unspecified atom stereocenters. The van der Waals surface area contributed by atoms with E-state index in [1.54, 1.807) is 30.3 Å². The van der Waals surface area contributed by atoms with Crippen molar-refractivity contribution < 1.29 is 9.53 Å². The van der Waals surface area contributed by atoms with Crippen LogP contribution in [0.4, 0.5) is 5.69 Å². The lowest BCUT2D eigenvalue weighted by Gasteiger charge is -2.13. The molecule has 26 heavy (non-hydrogen) atoms. The molecule has 0 saturated heterocycles. The lowest BCUT2D eigenvalue weighted by Crippen LogP contribution is -2.13. The number of anilines is 1. The minimum absolute atomic E-state index is 0.0302. The molecule has 1 N–H and O–H groups in total. The van der Waals surface area contributed by atoms with Gasteiger partial charge in [-0.1, -0.05) is 33.6 Å². The standard InChI is InChI=1S/C20H18BrClN2O2/c1-12(2)26-19-7-5-16(21)9-14(19)8-15(11-23)20(25)24-17-6-4-13(3)18(22)10-17/h4-10,12H,1-3H3,(H,24,25)/b15-8+. The van der Waals surface area contributed by atoms with Crippen molar-refractivity contribution in [3.8, 4) is 11.8 Å². The Morgan fingerprint density at radius 1 is 1.31 bits per heavy atom. The van der Waals surface area contributed by atoms with E-state index in [2.05, 4.69) is 21.2 Å². The van der Waals surface area contributed by atoms with Crippen LogP contribution in [0.5, 0.6) is 5.75 Å². The van der Waals surface area contributed by atoms with Gasteiger partial charge in [0.25, 0.3) is 5.91 Å². The van der Waals surface area contributed by atoms with Gasteiger partial charge in [0.2, 0.25) is 0 Å². The second-order valence-electron chi connectivity index (χ2n) is 5.94. The average Bonchev–Trinajstić information content (AvgIpc) is 2.57. The highest BCUT2D eigenvalue weighted by Crippen LogP contribution is 2.27. The summed E-state index contributed by atoms with van der Waals surface area (Å²) in [4.78, 5) is 12.5. The molecule has 0 radical (unpaired) electrons. The van der Waals surface area contributed by atoms with E-state index in [1.165, 1.54) is 6.08 Å². The zero-order chi connectivity index (χ0) is 19.3. The third-order valence-electron chi connectivity index (χ3n) is 3.43. The van der Waals surface area contributed by atoms with Gasteiger partial charge in [0.1, 0.15) is 17.4 Å². The molecule has 1 amide bonds. The number of nitrogens with one attached hydrogen (secondary N) is 1. The van der Waals surface area contributed by atoms with Crippen molar-refractivity contribution in [3.63, 3.8) is 0 Å². The van der Waals surface area contributed by atoms with Crippen LogP contribution in [-0.4, -0.2) is 12.0 Å². The number of hydrogen-bond acceptors (Lipinski definition) is 3. The lowest BCUT2D eigenvalue weighted by molar-refractivity contribution is -0.112. The Bertz CT molecular complexity index is 901. The molecule has 0 bridgehead atoms. The van der Waals surface area contributed by atoms with Gasteiger partial charge in [-0.05, 0) is 62.7 Å². The highest BCUT2D eigenvalue weighted by molar-refractivity contribution is 9.10. The van der Waals surface area contributed by atoms with Crippen molar-refractivity contribution in [1.82, 2.24) is 0 Å². The van der Waals surface area contributed by atoms with Crippen molar-refractivity contribution in [2.24, 2.45) is 0 Å². The zero-order valence-electron chi connectivity index (χ0n) is 14.6. The molecule has 0 aliphatic carbocycles. The van der Waals surface area contributed by atoms with Crippen molar-refractivity contribution in [2.45, 2.75) is 26.9 Å². The van der Waals surface area contributed by atoms with E-state index in [9.17, 15) is 10.1 Å². The Balaban J connectivity index is 2.32. The first kappa shape index (κ1) is 20.0. The number of rotatable bonds is 5. The van der Waals surface area contributed by atoms with Gasteiger partial charge in [-0.15, -0.1) is 0 Å². The number of ether oxygens (including phenoxy) is 1. The molecule has 2 aromatic rings. The summed E-state index contributed by atoms with van der Waals surface area (Å²) in [6.07, 6.45) is 1.48. The van der Waals surface area contributed by atoms with E-state index in [1.807, 2.05) is 32.9 Å². The summed E-state index contributed by atoms with van der Waals surface area (Å²) >= 11 is 9.47.